The highest BCUT2D eigenvalue weighted by Gasteiger charge is 2.26. The van der Waals surface area contributed by atoms with Crippen molar-refractivity contribution >= 4 is 17.6 Å². The van der Waals surface area contributed by atoms with Crippen LogP contribution in [0.1, 0.15) is 218 Å². The van der Waals surface area contributed by atoms with Gasteiger partial charge in [0.2, 0.25) is 5.95 Å². The van der Waals surface area contributed by atoms with E-state index in [1.807, 2.05) is 12.4 Å². The molecule has 5 aliphatic heterocycles. The van der Waals surface area contributed by atoms with Crippen LogP contribution in [0.3, 0.4) is 0 Å². The first-order valence-electron chi connectivity index (χ1n) is 32.1. The molecule has 8 rings (SSSR count). The molecule has 0 atom stereocenters. The van der Waals surface area contributed by atoms with Crippen molar-refractivity contribution in [3.8, 4) is 0 Å². The lowest BCUT2D eigenvalue weighted by Gasteiger charge is -2.38. The maximum atomic E-state index is 4.51. The molecule has 0 aromatic carbocycles. The van der Waals surface area contributed by atoms with E-state index in [-0.39, 0.29) is 0 Å². The number of hydrogen-bond donors (Lipinski definition) is 0. The molecule has 0 amide bonds. The fourth-order valence-electron chi connectivity index (χ4n) is 11.6. The van der Waals surface area contributed by atoms with E-state index in [4.69, 9.17) is 0 Å². The molecule has 0 spiro atoms. The van der Waals surface area contributed by atoms with Crippen LogP contribution in [0.25, 0.3) is 0 Å². The van der Waals surface area contributed by atoms with Crippen molar-refractivity contribution in [2.45, 2.75) is 225 Å². The highest BCUT2D eigenvalue weighted by Crippen LogP contribution is 2.29. The standard InChI is InChI=1S/C16H27N3.C15H25N3.C14H24N4.C11H23N.C10H22N2/c1-12(2)11-14-7-9-19(10-8-14)16-6-5-15(13(3)4)17-18-16;1-11(2)13-5-7-18(8-6-13)15-16-9-14(10-17-15)12(3)4;1-11(2)13-5-6-14(16-15-13)18-9-7-17(8-10-18)12(3)4;2*1-9(2)11-5-7-12(8-6-11)10(3)4/h5-6,12-14H,7-11H2,1-4H3;9-13H,5-8H2,1-4H3;5-6,11-12H,7-10H2,1-4H3;9-11H,5-8H2,1-4H3;9-10H,5-8H2,1-4H3. The van der Waals surface area contributed by atoms with Crippen LogP contribution < -0.4 is 14.7 Å². The molecular weight excluding hydrogens is 975 g/mol. The molecule has 5 fully saturated rings. The lowest BCUT2D eigenvalue weighted by molar-refractivity contribution is 0.0887. The molecule has 8 heterocycles. The van der Waals surface area contributed by atoms with Gasteiger partial charge in [0.25, 0.3) is 0 Å². The Morgan fingerprint density at radius 3 is 1.03 bits per heavy atom. The number of nitrogens with zero attached hydrogens (tertiary/aromatic N) is 13. The van der Waals surface area contributed by atoms with E-state index in [2.05, 4.69) is 227 Å². The van der Waals surface area contributed by atoms with Crippen molar-refractivity contribution in [1.29, 1.82) is 0 Å². The van der Waals surface area contributed by atoms with Crippen molar-refractivity contribution in [3.63, 3.8) is 0 Å². The Morgan fingerprint density at radius 2 is 0.709 bits per heavy atom. The number of rotatable bonds is 14. The number of piperidine rings is 3. The molecule has 0 unspecified atom stereocenters. The normalized spacial score (nSPS) is 19.1. The van der Waals surface area contributed by atoms with Crippen LogP contribution >= 0.6 is 0 Å². The summed E-state index contributed by atoms with van der Waals surface area (Å²) in [6.07, 6.45) is 13.3. The second-order valence-corrected chi connectivity index (χ2v) is 27.1. The second kappa shape index (κ2) is 34.8. The van der Waals surface area contributed by atoms with Crippen molar-refractivity contribution in [2.24, 2.45) is 35.5 Å². The highest BCUT2D eigenvalue weighted by molar-refractivity contribution is 5.39. The Kier molecular flexibility index (Phi) is 30.0. The van der Waals surface area contributed by atoms with Crippen LogP contribution in [-0.4, -0.2) is 166 Å². The summed E-state index contributed by atoms with van der Waals surface area (Å²) in [4.78, 5) is 26.3. The third-order valence-corrected chi connectivity index (χ3v) is 17.8. The van der Waals surface area contributed by atoms with Crippen LogP contribution in [0.15, 0.2) is 36.7 Å². The van der Waals surface area contributed by atoms with Gasteiger partial charge in [0.05, 0.1) is 11.4 Å². The topological polar surface area (TPSA) is 100 Å². The average molecular weight is 1100 g/mol. The van der Waals surface area contributed by atoms with E-state index in [0.717, 1.165) is 135 Å². The molecule has 5 aliphatic rings. The summed E-state index contributed by atoms with van der Waals surface area (Å²) in [6.45, 7) is 61.6. The molecule has 0 aliphatic carbocycles. The van der Waals surface area contributed by atoms with Gasteiger partial charge in [0.15, 0.2) is 11.6 Å². The molecule has 3 aromatic heterocycles. The van der Waals surface area contributed by atoms with Crippen LogP contribution in [0, 0.1) is 35.5 Å². The van der Waals surface area contributed by atoms with Gasteiger partial charge in [0.1, 0.15) is 0 Å². The zero-order valence-corrected chi connectivity index (χ0v) is 54.6. The quantitative estimate of drug-likeness (QED) is 0.153. The molecule has 0 N–H and O–H groups in total. The number of piperazine rings is 2. The van der Waals surface area contributed by atoms with Gasteiger partial charge in [-0.2, -0.15) is 10.2 Å². The van der Waals surface area contributed by atoms with E-state index in [1.54, 1.807) is 0 Å². The highest BCUT2D eigenvalue weighted by atomic mass is 15.3. The van der Waals surface area contributed by atoms with Gasteiger partial charge in [0, 0.05) is 115 Å². The first-order valence-corrected chi connectivity index (χ1v) is 32.1. The molecular formula is C66H121N13. The van der Waals surface area contributed by atoms with Crippen molar-refractivity contribution < 1.29 is 0 Å². The average Bonchev–Trinajstić information content (AvgIpc) is 3.44. The van der Waals surface area contributed by atoms with Crippen LogP contribution in [0.5, 0.6) is 0 Å². The van der Waals surface area contributed by atoms with Gasteiger partial charge in [-0.15, -0.1) is 10.2 Å². The van der Waals surface area contributed by atoms with Crippen molar-refractivity contribution in [2.75, 3.05) is 106 Å². The fourth-order valence-corrected chi connectivity index (χ4v) is 11.6. The van der Waals surface area contributed by atoms with Crippen molar-refractivity contribution in [1.82, 2.24) is 50.0 Å². The second-order valence-electron chi connectivity index (χ2n) is 27.1. The summed E-state index contributed by atoms with van der Waals surface area (Å²) in [6, 6.07) is 11.3. The van der Waals surface area contributed by atoms with Gasteiger partial charge in [-0.3, -0.25) is 14.7 Å². The van der Waals surface area contributed by atoms with E-state index >= 15 is 0 Å². The zero-order chi connectivity index (χ0) is 58.3. The van der Waals surface area contributed by atoms with Crippen LogP contribution in [0.4, 0.5) is 17.6 Å². The molecule has 450 valence electrons. The number of likely N-dealkylation sites (tertiary alicyclic amines) is 1. The number of anilines is 3. The zero-order valence-electron chi connectivity index (χ0n) is 54.6. The molecule has 13 nitrogen and oxygen atoms in total. The summed E-state index contributed by atoms with van der Waals surface area (Å²) in [7, 11) is 0. The molecule has 3 aromatic rings. The fraction of sp³-hybridized carbons (Fsp3) is 0.818. The predicted molar refractivity (Wildman–Crippen MR) is 339 cm³/mol. The minimum atomic E-state index is 0.448. The minimum Gasteiger partial charge on any atom is -0.355 e. The summed E-state index contributed by atoms with van der Waals surface area (Å²) in [5, 5.41) is 17.4. The Balaban J connectivity index is 0.000000216. The van der Waals surface area contributed by atoms with Crippen LogP contribution in [-0.2, 0) is 0 Å². The van der Waals surface area contributed by atoms with Gasteiger partial charge >= 0.3 is 0 Å². The molecule has 0 saturated carbocycles. The Bertz CT molecular complexity index is 1860. The van der Waals surface area contributed by atoms with Gasteiger partial charge in [-0.1, -0.05) is 83.1 Å². The number of hydrogen-bond acceptors (Lipinski definition) is 13. The Morgan fingerprint density at radius 1 is 0.367 bits per heavy atom. The largest absolute Gasteiger partial charge is 0.355 e. The smallest absolute Gasteiger partial charge is 0.225 e. The maximum absolute atomic E-state index is 4.51. The van der Waals surface area contributed by atoms with E-state index in [1.165, 1.54) is 89.8 Å². The van der Waals surface area contributed by atoms with Gasteiger partial charge in [-0.05, 0) is 197 Å². The number of aromatic nitrogens is 6. The summed E-state index contributed by atoms with van der Waals surface area (Å²) in [5.74, 6) is 9.65. The van der Waals surface area contributed by atoms with Gasteiger partial charge < -0.3 is 19.6 Å². The summed E-state index contributed by atoms with van der Waals surface area (Å²) < 4.78 is 0. The Hall–Kier alpha value is -3.52. The summed E-state index contributed by atoms with van der Waals surface area (Å²) in [5.41, 5.74) is 3.37. The third-order valence-electron chi connectivity index (χ3n) is 17.8. The Labute approximate surface area is 486 Å². The first kappa shape index (κ1) is 68.0. The molecule has 0 radical (unpaired) electrons. The summed E-state index contributed by atoms with van der Waals surface area (Å²) >= 11 is 0. The van der Waals surface area contributed by atoms with E-state index < -0.39 is 0 Å². The van der Waals surface area contributed by atoms with Gasteiger partial charge in [-0.25, -0.2) is 9.97 Å². The van der Waals surface area contributed by atoms with E-state index in [0.29, 0.717) is 23.8 Å². The molecule has 0 bridgehead atoms. The first-order chi connectivity index (χ1) is 37.4. The minimum absolute atomic E-state index is 0.448. The van der Waals surface area contributed by atoms with E-state index in [9.17, 15) is 0 Å². The third kappa shape index (κ3) is 23.7. The molecule has 13 heteroatoms. The predicted octanol–water partition coefficient (Wildman–Crippen LogP) is 13.6. The maximum Gasteiger partial charge on any atom is 0.225 e. The molecule has 79 heavy (non-hydrogen) atoms. The monoisotopic (exact) mass is 1100 g/mol. The lowest BCUT2D eigenvalue weighted by Crippen LogP contribution is -2.50. The van der Waals surface area contributed by atoms with Crippen LogP contribution in [0.2, 0.25) is 0 Å². The lowest BCUT2D eigenvalue weighted by atomic mass is 9.86. The van der Waals surface area contributed by atoms with Crippen molar-refractivity contribution in [3.05, 3.63) is 53.6 Å². The molecule has 5 saturated heterocycles. The SMILES string of the molecule is CC(C)C1CCN(C(C)C)CC1.CC(C)CC1CCN(c2ccc(C(C)C)nn2)CC1.CC(C)N1CCN(C(C)C)CC1.CC(C)c1ccc(N2CCN(C(C)C)CC2)nn1.CC(C)c1cnc(N2CCC(C(C)C)CC2)nc1.